The minimum absolute atomic E-state index is 0.0355. The zero-order valence-corrected chi connectivity index (χ0v) is 20.3. The predicted molar refractivity (Wildman–Crippen MR) is 122 cm³/mol. The van der Waals surface area contributed by atoms with Gasteiger partial charge >= 0.3 is 6.18 Å². The van der Waals surface area contributed by atoms with E-state index in [0.29, 0.717) is 30.0 Å². The van der Waals surface area contributed by atoms with Gasteiger partial charge in [0.1, 0.15) is 5.82 Å². The van der Waals surface area contributed by atoms with E-state index in [1.54, 1.807) is 29.8 Å². The van der Waals surface area contributed by atoms with E-state index in [9.17, 15) is 30.8 Å². The average Bonchev–Trinajstić information content (AvgIpc) is 3.18. The van der Waals surface area contributed by atoms with Gasteiger partial charge in [0.25, 0.3) is 0 Å². The molecule has 0 radical (unpaired) electrons. The second-order valence-electron chi connectivity index (χ2n) is 8.08. The standard InChI is InChI=1S/C23H26F4N4O3S/c1-4-19-21(29-22-28-9-6-10-31(19)22)15(3)30(11-12-35(33,34)5-2)20(32)14-16-7-8-18(24)17(13-16)23(25,26)27/h6-10,13,15H,4-5,11-12,14H2,1-3H3/t15-/m1/s1. The lowest BCUT2D eigenvalue weighted by molar-refractivity contribution is -0.140. The molecule has 1 aromatic carbocycles. The van der Waals surface area contributed by atoms with E-state index in [0.717, 1.165) is 11.8 Å². The fraction of sp³-hybridized carbons (Fsp3) is 0.435. The quantitative estimate of drug-likeness (QED) is 0.403. The molecule has 1 atom stereocenters. The van der Waals surface area contributed by atoms with Crippen LogP contribution in [0, 0.1) is 5.82 Å². The zero-order chi connectivity index (χ0) is 26.0. The van der Waals surface area contributed by atoms with E-state index in [1.807, 2.05) is 6.92 Å². The van der Waals surface area contributed by atoms with Gasteiger partial charge in [-0.2, -0.15) is 13.2 Å². The molecule has 0 bridgehead atoms. The largest absolute Gasteiger partial charge is 0.419 e. The van der Waals surface area contributed by atoms with Gasteiger partial charge in [0.05, 0.1) is 29.5 Å². The number of aryl methyl sites for hydroxylation is 1. The molecule has 0 unspecified atom stereocenters. The number of aromatic nitrogens is 3. The first-order valence-electron chi connectivity index (χ1n) is 11.0. The van der Waals surface area contributed by atoms with Gasteiger partial charge in [-0.3, -0.25) is 9.20 Å². The van der Waals surface area contributed by atoms with Crippen molar-refractivity contribution >= 4 is 21.5 Å². The summed E-state index contributed by atoms with van der Waals surface area (Å²) in [6.07, 6.45) is -1.48. The van der Waals surface area contributed by atoms with Crippen LogP contribution >= 0.6 is 0 Å². The summed E-state index contributed by atoms with van der Waals surface area (Å²) in [6, 6.07) is 3.43. The summed E-state index contributed by atoms with van der Waals surface area (Å²) in [5.74, 6) is -2.06. The summed E-state index contributed by atoms with van der Waals surface area (Å²) in [6.45, 7) is 4.90. The molecule has 1 amide bonds. The Morgan fingerprint density at radius 2 is 1.94 bits per heavy atom. The fourth-order valence-corrected chi connectivity index (χ4v) is 4.64. The number of amides is 1. The highest BCUT2D eigenvalue weighted by atomic mass is 32.2. The third-order valence-corrected chi connectivity index (χ3v) is 7.51. The highest BCUT2D eigenvalue weighted by Gasteiger charge is 2.35. The molecule has 0 aliphatic carbocycles. The van der Waals surface area contributed by atoms with E-state index in [1.165, 1.54) is 11.8 Å². The SMILES string of the molecule is CCc1c([C@@H](C)N(CCS(=O)(=O)CC)C(=O)Cc2ccc(F)c(C(F)(F)F)c2)nc2ncccn12. The molecule has 190 valence electrons. The van der Waals surface area contributed by atoms with Crippen molar-refractivity contribution < 1.29 is 30.8 Å². The molecule has 7 nitrogen and oxygen atoms in total. The Morgan fingerprint density at radius 1 is 1.23 bits per heavy atom. The van der Waals surface area contributed by atoms with Gasteiger partial charge in [-0.1, -0.05) is 19.9 Å². The van der Waals surface area contributed by atoms with E-state index < -0.39 is 45.8 Å². The van der Waals surface area contributed by atoms with Crippen LogP contribution in [0.4, 0.5) is 17.6 Å². The average molecular weight is 515 g/mol. The highest BCUT2D eigenvalue weighted by Crippen LogP contribution is 2.32. The molecular formula is C23H26F4N4O3S. The number of imidazole rings is 1. The fourth-order valence-electron chi connectivity index (χ4n) is 3.88. The normalized spacial score (nSPS) is 13.2. The molecule has 0 aliphatic rings. The molecule has 0 saturated heterocycles. The lowest BCUT2D eigenvalue weighted by Crippen LogP contribution is -2.39. The third kappa shape index (κ3) is 5.98. The van der Waals surface area contributed by atoms with Crippen molar-refractivity contribution in [1.82, 2.24) is 19.3 Å². The number of hydrogen-bond donors (Lipinski definition) is 0. The topological polar surface area (TPSA) is 84.6 Å². The molecule has 0 fully saturated rings. The number of halogens is 4. The number of hydrogen-bond acceptors (Lipinski definition) is 5. The molecule has 35 heavy (non-hydrogen) atoms. The molecule has 3 rings (SSSR count). The second-order valence-corrected chi connectivity index (χ2v) is 10.5. The van der Waals surface area contributed by atoms with Crippen LogP contribution in [0.25, 0.3) is 5.78 Å². The minimum atomic E-state index is -4.91. The van der Waals surface area contributed by atoms with Crippen LogP contribution in [0.5, 0.6) is 0 Å². The summed E-state index contributed by atoms with van der Waals surface area (Å²) >= 11 is 0. The van der Waals surface area contributed by atoms with Crippen molar-refractivity contribution in [2.24, 2.45) is 0 Å². The van der Waals surface area contributed by atoms with Crippen molar-refractivity contribution in [2.75, 3.05) is 18.1 Å². The van der Waals surface area contributed by atoms with E-state index in [2.05, 4.69) is 9.97 Å². The summed E-state index contributed by atoms with van der Waals surface area (Å²) < 4.78 is 79.2. The van der Waals surface area contributed by atoms with Gasteiger partial charge in [-0.25, -0.2) is 22.8 Å². The van der Waals surface area contributed by atoms with Gasteiger partial charge < -0.3 is 4.90 Å². The molecule has 0 N–H and O–H groups in total. The van der Waals surface area contributed by atoms with E-state index >= 15 is 0 Å². The first-order valence-corrected chi connectivity index (χ1v) is 12.9. The van der Waals surface area contributed by atoms with Crippen LogP contribution in [0.15, 0.2) is 36.7 Å². The highest BCUT2D eigenvalue weighted by molar-refractivity contribution is 7.91. The van der Waals surface area contributed by atoms with Crippen molar-refractivity contribution in [1.29, 1.82) is 0 Å². The molecule has 3 aromatic rings. The van der Waals surface area contributed by atoms with Gasteiger partial charge in [0, 0.05) is 30.4 Å². The predicted octanol–water partition coefficient (Wildman–Crippen LogP) is 4.02. The van der Waals surface area contributed by atoms with Gasteiger partial charge in [0.15, 0.2) is 9.84 Å². The Morgan fingerprint density at radius 3 is 2.57 bits per heavy atom. The number of carbonyl (C=O) groups is 1. The van der Waals surface area contributed by atoms with Crippen molar-refractivity contribution in [2.45, 2.75) is 45.8 Å². The van der Waals surface area contributed by atoms with Crippen molar-refractivity contribution in [3.63, 3.8) is 0 Å². The van der Waals surface area contributed by atoms with Gasteiger partial charge in [-0.15, -0.1) is 0 Å². The monoisotopic (exact) mass is 514 g/mol. The molecule has 0 aliphatic heterocycles. The smallest absolute Gasteiger partial charge is 0.333 e. The third-order valence-electron chi connectivity index (χ3n) is 5.83. The van der Waals surface area contributed by atoms with Gasteiger partial charge in [-0.05, 0) is 37.1 Å². The van der Waals surface area contributed by atoms with Crippen LogP contribution in [-0.2, 0) is 33.6 Å². The molecule has 2 aromatic heterocycles. The Hall–Kier alpha value is -3.02. The maximum Gasteiger partial charge on any atom is 0.419 e. The summed E-state index contributed by atoms with van der Waals surface area (Å²) in [5, 5.41) is 0. The molecule has 12 heteroatoms. The van der Waals surface area contributed by atoms with Crippen LogP contribution < -0.4 is 0 Å². The minimum Gasteiger partial charge on any atom is -0.333 e. The number of alkyl halides is 3. The Bertz CT molecular complexity index is 1320. The van der Waals surface area contributed by atoms with Crippen LogP contribution in [0.2, 0.25) is 0 Å². The molecule has 0 spiro atoms. The van der Waals surface area contributed by atoms with Crippen LogP contribution in [0.1, 0.15) is 49.3 Å². The first-order chi connectivity index (χ1) is 16.4. The maximum absolute atomic E-state index is 13.7. The Balaban J connectivity index is 1.98. The first kappa shape index (κ1) is 26.6. The number of benzene rings is 1. The summed E-state index contributed by atoms with van der Waals surface area (Å²) in [7, 11) is -3.44. The lowest BCUT2D eigenvalue weighted by Gasteiger charge is -2.29. The number of nitrogens with zero attached hydrogens (tertiary/aromatic N) is 4. The maximum atomic E-state index is 13.7. The summed E-state index contributed by atoms with van der Waals surface area (Å²) in [5.41, 5.74) is -0.205. The summed E-state index contributed by atoms with van der Waals surface area (Å²) in [4.78, 5) is 23.3. The Labute approximate surface area is 200 Å². The van der Waals surface area contributed by atoms with E-state index in [-0.39, 0.29) is 23.6 Å². The molecule has 2 heterocycles. The number of sulfone groups is 1. The zero-order valence-electron chi connectivity index (χ0n) is 19.5. The molecule has 0 saturated carbocycles. The van der Waals surface area contributed by atoms with Crippen LogP contribution in [0.3, 0.4) is 0 Å². The van der Waals surface area contributed by atoms with Crippen LogP contribution in [-0.4, -0.2) is 51.6 Å². The number of carbonyl (C=O) groups excluding carboxylic acids is 1. The Kier molecular flexibility index (Phi) is 7.83. The van der Waals surface area contributed by atoms with E-state index in [4.69, 9.17) is 0 Å². The molecular weight excluding hydrogens is 488 g/mol. The number of fused-ring (bicyclic) bond motifs is 1. The van der Waals surface area contributed by atoms with Gasteiger partial charge in [0.2, 0.25) is 11.7 Å². The van der Waals surface area contributed by atoms with Crippen molar-refractivity contribution in [3.8, 4) is 0 Å². The van der Waals surface area contributed by atoms with Crippen molar-refractivity contribution in [3.05, 3.63) is 65.0 Å². The lowest BCUT2D eigenvalue weighted by atomic mass is 10.0. The number of rotatable bonds is 9. The second kappa shape index (κ2) is 10.3.